The van der Waals surface area contributed by atoms with E-state index in [0.717, 1.165) is 0 Å². The van der Waals surface area contributed by atoms with Crippen LogP contribution >= 0.6 is 12.2 Å². The third-order valence-electron chi connectivity index (χ3n) is 1.15. The van der Waals surface area contributed by atoms with Crippen LogP contribution in [0.1, 0.15) is 0 Å². The number of alkyl halides is 1. The predicted molar refractivity (Wildman–Crippen MR) is 52.5 cm³/mol. The van der Waals surface area contributed by atoms with Crippen molar-refractivity contribution < 1.29 is 14.2 Å². The molecule has 0 heterocycles. The standard InChI is InChI=1S/C7H15FN2O2S/c8-1-2-9-7(13)10-3-5-12-6-4-11/h11H,1-6H2,(H2,9,10,13). The number of ether oxygens (including phenoxy) is 1. The van der Waals surface area contributed by atoms with Gasteiger partial charge in [0.15, 0.2) is 5.11 Å². The number of nitrogens with one attached hydrogen (secondary N) is 2. The smallest absolute Gasteiger partial charge is 0.166 e. The topological polar surface area (TPSA) is 53.5 Å². The first-order valence-corrected chi connectivity index (χ1v) is 4.48. The number of aliphatic hydroxyl groups excluding tert-OH is 1. The maximum absolute atomic E-state index is 11.6. The Balaban J connectivity index is 3.08. The Kier molecular flexibility index (Phi) is 9.29. The maximum atomic E-state index is 11.6. The molecule has 0 fully saturated rings. The van der Waals surface area contributed by atoms with Gasteiger partial charge in [0.2, 0.25) is 0 Å². The largest absolute Gasteiger partial charge is 0.394 e. The monoisotopic (exact) mass is 210 g/mol. The summed E-state index contributed by atoms with van der Waals surface area (Å²) in [7, 11) is 0. The molecule has 0 saturated heterocycles. The van der Waals surface area contributed by atoms with E-state index in [1.165, 1.54) is 0 Å². The van der Waals surface area contributed by atoms with Crippen molar-refractivity contribution in [3.8, 4) is 0 Å². The average Bonchev–Trinajstić information content (AvgIpc) is 2.14. The Morgan fingerprint density at radius 1 is 1.31 bits per heavy atom. The van der Waals surface area contributed by atoms with Crippen molar-refractivity contribution >= 4 is 17.3 Å². The van der Waals surface area contributed by atoms with Gasteiger partial charge in [-0.05, 0) is 12.2 Å². The molecule has 0 radical (unpaired) electrons. The molecule has 4 nitrogen and oxygen atoms in total. The highest BCUT2D eigenvalue weighted by molar-refractivity contribution is 7.80. The van der Waals surface area contributed by atoms with Gasteiger partial charge >= 0.3 is 0 Å². The van der Waals surface area contributed by atoms with E-state index in [1.807, 2.05) is 0 Å². The molecule has 0 aromatic carbocycles. The van der Waals surface area contributed by atoms with Crippen LogP contribution in [-0.2, 0) is 4.74 Å². The van der Waals surface area contributed by atoms with Crippen molar-refractivity contribution in [3.05, 3.63) is 0 Å². The lowest BCUT2D eigenvalue weighted by Crippen LogP contribution is -2.38. The molecule has 78 valence electrons. The lowest BCUT2D eigenvalue weighted by molar-refractivity contribution is 0.0958. The van der Waals surface area contributed by atoms with Gasteiger partial charge in [0.05, 0.1) is 19.8 Å². The minimum Gasteiger partial charge on any atom is -0.394 e. The fourth-order valence-electron chi connectivity index (χ4n) is 0.627. The molecule has 0 aromatic rings. The van der Waals surface area contributed by atoms with Crippen LogP contribution in [0.15, 0.2) is 0 Å². The quantitative estimate of drug-likeness (QED) is 0.388. The molecule has 6 heteroatoms. The van der Waals surface area contributed by atoms with Crippen molar-refractivity contribution in [1.82, 2.24) is 10.6 Å². The summed E-state index contributed by atoms with van der Waals surface area (Å²) >= 11 is 4.80. The SMILES string of the molecule is OCCOCCNC(=S)NCCF. The van der Waals surface area contributed by atoms with Crippen LogP contribution in [0, 0.1) is 0 Å². The van der Waals surface area contributed by atoms with E-state index in [9.17, 15) is 4.39 Å². The summed E-state index contributed by atoms with van der Waals surface area (Å²) in [5, 5.41) is 14.3. The minimum atomic E-state index is -0.442. The Labute approximate surface area is 82.5 Å². The summed E-state index contributed by atoms with van der Waals surface area (Å²) in [6.45, 7) is 1.15. The highest BCUT2D eigenvalue weighted by atomic mass is 32.1. The Morgan fingerprint density at radius 2 is 2.00 bits per heavy atom. The highest BCUT2D eigenvalue weighted by Crippen LogP contribution is 1.73. The van der Waals surface area contributed by atoms with E-state index in [1.54, 1.807) is 0 Å². The van der Waals surface area contributed by atoms with Gasteiger partial charge in [-0.15, -0.1) is 0 Å². The molecule has 0 unspecified atom stereocenters. The zero-order valence-electron chi connectivity index (χ0n) is 7.38. The summed E-state index contributed by atoms with van der Waals surface area (Å²) in [4.78, 5) is 0. The molecular formula is C7H15FN2O2S. The van der Waals surface area contributed by atoms with Gasteiger partial charge in [-0.3, -0.25) is 0 Å². The van der Waals surface area contributed by atoms with Gasteiger partial charge in [0.1, 0.15) is 6.67 Å². The Hall–Kier alpha value is -0.460. The molecule has 0 atom stereocenters. The third kappa shape index (κ3) is 9.45. The molecule has 13 heavy (non-hydrogen) atoms. The molecular weight excluding hydrogens is 195 g/mol. The predicted octanol–water partition coefficient (Wildman–Crippen LogP) is -0.571. The van der Waals surface area contributed by atoms with Crippen molar-refractivity contribution in [3.63, 3.8) is 0 Å². The highest BCUT2D eigenvalue weighted by Gasteiger charge is 1.93. The van der Waals surface area contributed by atoms with Gasteiger partial charge in [-0.25, -0.2) is 4.39 Å². The van der Waals surface area contributed by atoms with Crippen LogP contribution < -0.4 is 10.6 Å². The van der Waals surface area contributed by atoms with Crippen LogP contribution in [0.5, 0.6) is 0 Å². The van der Waals surface area contributed by atoms with Crippen LogP contribution in [-0.4, -0.2) is 49.8 Å². The number of halogens is 1. The molecule has 0 amide bonds. The molecule has 0 bridgehead atoms. The van der Waals surface area contributed by atoms with Crippen molar-refractivity contribution in [2.45, 2.75) is 0 Å². The first-order chi connectivity index (χ1) is 6.31. The van der Waals surface area contributed by atoms with E-state index >= 15 is 0 Å². The van der Waals surface area contributed by atoms with Crippen molar-refractivity contribution in [1.29, 1.82) is 0 Å². The second kappa shape index (κ2) is 9.63. The normalized spacial score (nSPS) is 9.69. The lowest BCUT2D eigenvalue weighted by atomic mass is 10.6. The minimum absolute atomic E-state index is 0.0184. The fraction of sp³-hybridized carbons (Fsp3) is 0.857. The lowest BCUT2D eigenvalue weighted by Gasteiger charge is -2.08. The molecule has 0 aliphatic carbocycles. The number of thiocarbonyl (C=S) groups is 1. The summed E-state index contributed by atoms with van der Waals surface area (Å²) < 4.78 is 16.6. The van der Waals surface area contributed by atoms with E-state index in [2.05, 4.69) is 10.6 Å². The molecule has 0 aliphatic rings. The van der Waals surface area contributed by atoms with Crippen LogP contribution in [0.3, 0.4) is 0 Å². The van der Waals surface area contributed by atoms with Crippen LogP contribution in [0.25, 0.3) is 0 Å². The maximum Gasteiger partial charge on any atom is 0.166 e. The van der Waals surface area contributed by atoms with Gasteiger partial charge in [-0.2, -0.15) is 0 Å². The second-order valence-corrected chi connectivity index (χ2v) is 2.62. The first kappa shape index (κ1) is 12.5. The van der Waals surface area contributed by atoms with Crippen LogP contribution in [0.2, 0.25) is 0 Å². The van der Waals surface area contributed by atoms with Crippen molar-refractivity contribution in [2.24, 2.45) is 0 Å². The summed E-state index contributed by atoms with van der Waals surface area (Å²) in [5.41, 5.74) is 0. The van der Waals surface area contributed by atoms with Gasteiger partial charge in [-0.1, -0.05) is 0 Å². The number of hydrogen-bond acceptors (Lipinski definition) is 3. The number of aliphatic hydroxyl groups is 1. The zero-order chi connectivity index (χ0) is 9.94. The van der Waals surface area contributed by atoms with E-state index < -0.39 is 6.67 Å². The van der Waals surface area contributed by atoms with E-state index in [4.69, 9.17) is 22.1 Å². The molecule has 0 aliphatic heterocycles. The zero-order valence-corrected chi connectivity index (χ0v) is 8.20. The first-order valence-electron chi connectivity index (χ1n) is 4.07. The summed E-state index contributed by atoms with van der Waals surface area (Å²) in [5.74, 6) is 0. The molecule has 0 saturated carbocycles. The number of hydrogen-bond donors (Lipinski definition) is 3. The van der Waals surface area contributed by atoms with E-state index in [0.29, 0.717) is 24.9 Å². The average molecular weight is 210 g/mol. The summed E-state index contributed by atoms with van der Waals surface area (Å²) in [6, 6.07) is 0. The molecule has 3 N–H and O–H groups in total. The van der Waals surface area contributed by atoms with Gasteiger partial charge in [0.25, 0.3) is 0 Å². The van der Waals surface area contributed by atoms with Crippen molar-refractivity contribution in [2.75, 3.05) is 39.6 Å². The third-order valence-corrected chi connectivity index (χ3v) is 1.44. The van der Waals surface area contributed by atoms with Crippen LogP contribution in [0.4, 0.5) is 4.39 Å². The molecule has 0 aromatic heterocycles. The van der Waals surface area contributed by atoms with Gasteiger partial charge < -0.3 is 20.5 Å². The fourth-order valence-corrected chi connectivity index (χ4v) is 0.831. The van der Waals surface area contributed by atoms with Gasteiger partial charge in [0, 0.05) is 13.1 Å². The van der Waals surface area contributed by atoms with E-state index in [-0.39, 0.29) is 13.2 Å². The second-order valence-electron chi connectivity index (χ2n) is 2.21. The molecule has 0 rings (SSSR count). The number of rotatable bonds is 7. The Bertz CT molecular complexity index is 138. The Morgan fingerprint density at radius 3 is 2.62 bits per heavy atom. The summed E-state index contributed by atoms with van der Waals surface area (Å²) in [6.07, 6.45) is 0. The molecule has 0 spiro atoms.